The summed E-state index contributed by atoms with van der Waals surface area (Å²) in [5, 5.41) is 1.23. The largest absolute Gasteiger partial charge is 0.369 e. The number of benzene rings is 1. The van der Waals surface area contributed by atoms with E-state index in [1.165, 1.54) is 36.8 Å². The fraction of sp³-hybridized carbons (Fsp3) is 0.471. The number of hydrogen-bond acceptors (Lipinski definition) is 2. The number of nitrogens with zero attached hydrogens (tertiary/aromatic N) is 1. The molecule has 0 radical (unpaired) electrons. The van der Waals surface area contributed by atoms with Crippen molar-refractivity contribution in [3.05, 3.63) is 35.5 Å². The molecule has 0 saturated carbocycles. The zero-order chi connectivity index (χ0) is 14.8. The minimum Gasteiger partial charge on any atom is -0.369 e. The summed E-state index contributed by atoms with van der Waals surface area (Å²) in [6.45, 7) is 1.22. The van der Waals surface area contributed by atoms with Crippen LogP contribution in [0.15, 0.2) is 24.4 Å². The van der Waals surface area contributed by atoms with E-state index < -0.39 is 0 Å². The van der Waals surface area contributed by atoms with E-state index in [4.69, 9.17) is 5.73 Å². The van der Waals surface area contributed by atoms with Gasteiger partial charge in [0.1, 0.15) is 0 Å². The van der Waals surface area contributed by atoms with Crippen LogP contribution in [-0.4, -0.2) is 35.4 Å². The van der Waals surface area contributed by atoms with E-state index >= 15 is 0 Å². The van der Waals surface area contributed by atoms with Crippen LogP contribution in [0.1, 0.15) is 30.4 Å². The van der Waals surface area contributed by atoms with Gasteiger partial charge in [0.2, 0.25) is 5.91 Å². The Morgan fingerprint density at radius 1 is 1.48 bits per heavy atom. The molecule has 21 heavy (non-hydrogen) atoms. The molecule has 1 amide bonds. The Labute approximate surface area is 125 Å². The molecule has 0 bridgehead atoms. The molecule has 1 fully saturated rings. The van der Waals surface area contributed by atoms with Crippen LogP contribution < -0.4 is 5.73 Å². The summed E-state index contributed by atoms with van der Waals surface area (Å²) in [6, 6.07) is 6.82. The fourth-order valence-corrected chi connectivity index (χ4v) is 3.41. The number of rotatable bonds is 5. The van der Waals surface area contributed by atoms with Crippen LogP contribution in [0.2, 0.25) is 0 Å². The summed E-state index contributed by atoms with van der Waals surface area (Å²) >= 11 is 0. The van der Waals surface area contributed by atoms with E-state index in [2.05, 4.69) is 29.2 Å². The molecular formula is C17H23N3O. The third-order valence-electron chi connectivity index (χ3n) is 4.63. The second kappa shape index (κ2) is 5.90. The Bertz CT molecular complexity index is 647. The number of carbonyl (C=O) groups excluding carboxylic acids is 1. The summed E-state index contributed by atoms with van der Waals surface area (Å²) in [6.07, 6.45) is 7.32. The summed E-state index contributed by atoms with van der Waals surface area (Å²) in [7, 11) is 2.22. The number of aryl methyl sites for hydroxylation is 1. The van der Waals surface area contributed by atoms with Crippen molar-refractivity contribution in [3.63, 3.8) is 0 Å². The van der Waals surface area contributed by atoms with Crippen molar-refractivity contribution in [1.29, 1.82) is 0 Å². The third-order valence-corrected chi connectivity index (χ3v) is 4.63. The molecule has 3 N–H and O–H groups in total. The van der Waals surface area contributed by atoms with Crippen LogP contribution in [-0.2, 0) is 17.6 Å². The fourth-order valence-electron chi connectivity index (χ4n) is 3.41. The number of hydrogen-bond donors (Lipinski definition) is 2. The van der Waals surface area contributed by atoms with Gasteiger partial charge in [-0.1, -0.05) is 6.07 Å². The van der Waals surface area contributed by atoms with Gasteiger partial charge in [-0.2, -0.15) is 0 Å². The SMILES string of the molecule is CN1CCCC1CCc1c[nH]c2ccc(CC(N)=O)cc12. The zero-order valence-electron chi connectivity index (χ0n) is 12.6. The van der Waals surface area contributed by atoms with E-state index in [-0.39, 0.29) is 5.91 Å². The summed E-state index contributed by atoms with van der Waals surface area (Å²) in [4.78, 5) is 16.9. The first kappa shape index (κ1) is 14.1. The maximum atomic E-state index is 11.1. The van der Waals surface area contributed by atoms with Crippen molar-refractivity contribution >= 4 is 16.8 Å². The van der Waals surface area contributed by atoms with Crippen LogP contribution in [0.4, 0.5) is 0 Å². The van der Waals surface area contributed by atoms with E-state index in [9.17, 15) is 4.79 Å². The number of nitrogens with one attached hydrogen (secondary N) is 1. The average Bonchev–Trinajstić information content (AvgIpc) is 3.02. The number of H-pyrrole nitrogens is 1. The van der Waals surface area contributed by atoms with Gasteiger partial charge in [0.15, 0.2) is 0 Å². The van der Waals surface area contributed by atoms with Gasteiger partial charge in [-0.15, -0.1) is 0 Å². The van der Waals surface area contributed by atoms with Gasteiger partial charge >= 0.3 is 0 Å². The highest BCUT2D eigenvalue weighted by molar-refractivity contribution is 5.85. The Hall–Kier alpha value is -1.81. The van der Waals surface area contributed by atoms with Crippen LogP contribution in [0.3, 0.4) is 0 Å². The van der Waals surface area contributed by atoms with Crippen LogP contribution in [0.5, 0.6) is 0 Å². The van der Waals surface area contributed by atoms with Gasteiger partial charge in [-0.25, -0.2) is 0 Å². The lowest BCUT2D eigenvalue weighted by molar-refractivity contribution is -0.117. The van der Waals surface area contributed by atoms with Gasteiger partial charge in [0.05, 0.1) is 6.42 Å². The molecule has 0 spiro atoms. The Kier molecular flexibility index (Phi) is 3.97. The van der Waals surface area contributed by atoms with Crippen LogP contribution in [0.25, 0.3) is 10.9 Å². The molecule has 1 aliphatic rings. The molecule has 1 unspecified atom stereocenters. The minimum absolute atomic E-state index is 0.279. The molecule has 1 aromatic heterocycles. The number of carbonyl (C=O) groups is 1. The predicted octanol–water partition coefficient (Wildman–Crippen LogP) is 2.22. The molecule has 112 valence electrons. The summed E-state index contributed by atoms with van der Waals surface area (Å²) < 4.78 is 0. The van der Waals surface area contributed by atoms with Crippen molar-refractivity contribution in [2.75, 3.05) is 13.6 Å². The first-order valence-electron chi connectivity index (χ1n) is 7.71. The van der Waals surface area contributed by atoms with Gasteiger partial charge in [-0.05, 0) is 62.5 Å². The number of nitrogens with two attached hydrogens (primary N) is 1. The zero-order valence-corrected chi connectivity index (χ0v) is 12.6. The molecule has 0 aliphatic carbocycles. The number of primary amides is 1. The Balaban J connectivity index is 1.76. The first-order chi connectivity index (χ1) is 10.1. The van der Waals surface area contributed by atoms with Crippen molar-refractivity contribution in [3.8, 4) is 0 Å². The number of aromatic amines is 1. The van der Waals surface area contributed by atoms with Gasteiger partial charge < -0.3 is 15.6 Å². The van der Waals surface area contributed by atoms with Crippen molar-refractivity contribution < 1.29 is 4.79 Å². The van der Waals surface area contributed by atoms with Gasteiger partial charge in [-0.3, -0.25) is 4.79 Å². The monoisotopic (exact) mass is 285 g/mol. The highest BCUT2D eigenvalue weighted by atomic mass is 16.1. The molecule has 3 rings (SSSR count). The standard InChI is InChI=1S/C17H23N3O/c1-20-8-2-3-14(20)6-5-13-11-19-16-7-4-12(9-15(13)16)10-17(18)21/h4,7,9,11,14,19H,2-3,5-6,8,10H2,1H3,(H2,18,21). The lowest BCUT2D eigenvalue weighted by Gasteiger charge is -2.18. The molecule has 4 nitrogen and oxygen atoms in total. The highest BCUT2D eigenvalue weighted by Crippen LogP contribution is 2.25. The maximum Gasteiger partial charge on any atom is 0.221 e. The van der Waals surface area contributed by atoms with Crippen LogP contribution >= 0.6 is 0 Å². The van der Waals surface area contributed by atoms with Crippen molar-refractivity contribution in [1.82, 2.24) is 9.88 Å². The van der Waals surface area contributed by atoms with E-state index in [1.54, 1.807) is 0 Å². The Morgan fingerprint density at radius 2 is 2.33 bits per heavy atom. The van der Waals surface area contributed by atoms with Gasteiger partial charge in [0, 0.05) is 23.1 Å². The number of likely N-dealkylation sites (tertiary alicyclic amines) is 1. The second-order valence-electron chi connectivity index (χ2n) is 6.15. The lowest BCUT2D eigenvalue weighted by atomic mass is 10.0. The number of fused-ring (bicyclic) bond motifs is 1. The second-order valence-corrected chi connectivity index (χ2v) is 6.15. The smallest absolute Gasteiger partial charge is 0.221 e. The predicted molar refractivity (Wildman–Crippen MR) is 85.2 cm³/mol. The summed E-state index contributed by atoms with van der Waals surface area (Å²) in [5.41, 5.74) is 8.76. The lowest BCUT2D eigenvalue weighted by Crippen LogP contribution is -2.25. The number of aromatic nitrogens is 1. The normalized spacial score (nSPS) is 19.4. The van der Waals surface area contributed by atoms with Crippen molar-refractivity contribution in [2.24, 2.45) is 5.73 Å². The summed E-state index contributed by atoms with van der Waals surface area (Å²) in [5.74, 6) is -0.279. The Morgan fingerprint density at radius 3 is 3.05 bits per heavy atom. The van der Waals surface area contributed by atoms with E-state index in [0.29, 0.717) is 12.5 Å². The van der Waals surface area contributed by atoms with Gasteiger partial charge in [0.25, 0.3) is 0 Å². The topological polar surface area (TPSA) is 62.1 Å². The van der Waals surface area contributed by atoms with E-state index in [0.717, 1.165) is 17.5 Å². The molecule has 2 heterocycles. The average molecular weight is 285 g/mol. The first-order valence-corrected chi connectivity index (χ1v) is 7.71. The molecule has 1 aromatic carbocycles. The van der Waals surface area contributed by atoms with E-state index in [1.807, 2.05) is 12.1 Å². The number of amides is 1. The maximum absolute atomic E-state index is 11.1. The molecule has 2 aromatic rings. The molecular weight excluding hydrogens is 262 g/mol. The quantitative estimate of drug-likeness (QED) is 0.885. The third kappa shape index (κ3) is 3.10. The molecule has 1 saturated heterocycles. The molecule has 1 atom stereocenters. The minimum atomic E-state index is -0.279. The highest BCUT2D eigenvalue weighted by Gasteiger charge is 2.20. The van der Waals surface area contributed by atoms with Crippen molar-refractivity contribution in [2.45, 2.75) is 38.1 Å². The molecule has 4 heteroatoms. The molecule has 1 aliphatic heterocycles. The van der Waals surface area contributed by atoms with Crippen LogP contribution in [0, 0.1) is 0 Å².